The number of rotatable bonds is 7. The van der Waals surface area contributed by atoms with Crippen LogP contribution in [0.2, 0.25) is 10.0 Å². The van der Waals surface area contributed by atoms with Gasteiger partial charge in [0.05, 0.1) is 17.3 Å². The Morgan fingerprint density at radius 3 is 2.29 bits per heavy atom. The topological polar surface area (TPSA) is 119 Å². The third-order valence-electron chi connectivity index (χ3n) is 5.12. The van der Waals surface area contributed by atoms with Gasteiger partial charge in [0.2, 0.25) is 5.75 Å². The summed E-state index contributed by atoms with van der Waals surface area (Å²) < 4.78 is 49.6. The predicted molar refractivity (Wildman–Crippen MR) is 137 cm³/mol. The molecule has 1 N–H and O–H groups in total. The fraction of sp³-hybridized carbons (Fsp3) is 0.0800. The van der Waals surface area contributed by atoms with Crippen molar-refractivity contribution in [1.82, 2.24) is 5.32 Å². The quantitative estimate of drug-likeness (QED) is 0.239. The highest BCUT2D eigenvalue weighted by Gasteiger charge is 2.37. The van der Waals surface area contributed by atoms with Crippen molar-refractivity contribution in [2.75, 3.05) is 11.5 Å². The first-order valence-corrected chi connectivity index (χ1v) is 13.0. The predicted octanol–water partition coefficient (Wildman–Crippen LogP) is 4.97. The van der Waals surface area contributed by atoms with Gasteiger partial charge in [0.25, 0.3) is 11.8 Å². The number of anilines is 1. The van der Waals surface area contributed by atoms with Gasteiger partial charge in [0, 0.05) is 5.02 Å². The van der Waals surface area contributed by atoms with Crippen molar-refractivity contribution in [1.29, 1.82) is 0 Å². The molecule has 3 aromatic rings. The van der Waals surface area contributed by atoms with E-state index in [1.807, 2.05) is 5.32 Å². The molecular weight excluding hydrogens is 562 g/mol. The Morgan fingerprint density at radius 1 is 1.00 bits per heavy atom. The molecule has 4 amide bonds. The van der Waals surface area contributed by atoms with Crippen molar-refractivity contribution in [2.24, 2.45) is 0 Å². The molecule has 9 nitrogen and oxygen atoms in total. The van der Waals surface area contributed by atoms with Crippen LogP contribution >= 0.6 is 23.2 Å². The maximum absolute atomic E-state index is 13.3. The summed E-state index contributed by atoms with van der Waals surface area (Å²) in [6, 6.07) is 11.4. The maximum atomic E-state index is 13.3. The number of ether oxygens (including phenoxy) is 1. The van der Waals surface area contributed by atoms with Crippen LogP contribution in [0.15, 0.2) is 71.1 Å². The molecule has 1 fully saturated rings. The van der Waals surface area contributed by atoms with Crippen LogP contribution in [-0.2, 0) is 19.7 Å². The average molecular weight is 579 g/mol. The second kappa shape index (κ2) is 10.8. The van der Waals surface area contributed by atoms with E-state index >= 15 is 0 Å². The van der Waals surface area contributed by atoms with Gasteiger partial charge in [-0.1, -0.05) is 23.2 Å². The van der Waals surface area contributed by atoms with Crippen molar-refractivity contribution in [2.45, 2.75) is 11.8 Å². The van der Waals surface area contributed by atoms with Gasteiger partial charge in [-0.15, -0.1) is 0 Å². The first-order chi connectivity index (χ1) is 18.0. The lowest BCUT2D eigenvalue weighted by Gasteiger charge is -2.26. The first kappa shape index (κ1) is 27.1. The molecule has 196 valence electrons. The van der Waals surface area contributed by atoms with Crippen LogP contribution in [0.4, 0.5) is 14.9 Å². The number of nitrogens with zero attached hydrogens (tertiary/aromatic N) is 1. The number of hydrogen-bond donors (Lipinski definition) is 1. The van der Waals surface area contributed by atoms with Gasteiger partial charge in [-0.05, 0) is 79.2 Å². The van der Waals surface area contributed by atoms with Crippen molar-refractivity contribution in [3.05, 3.63) is 87.7 Å². The second-order valence-electron chi connectivity index (χ2n) is 7.69. The first-order valence-electron chi connectivity index (χ1n) is 10.8. The molecule has 0 atom stereocenters. The van der Waals surface area contributed by atoms with Crippen LogP contribution in [0, 0.1) is 5.82 Å². The second-order valence-corrected chi connectivity index (χ2v) is 10.1. The van der Waals surface area contributed by atoms with Gasteiger partial charge in [-0.2, -0.15) is 8.42 Å². The summed E-state index contributed by atoms with van der Waals surface area (Å²) in [4.78, 5) is 38.4. The Hall–Kier alpha value is -3.93. The molecule has 0 radical (unpaired) electrons. The van der Waals surface area contributed by atoms with Crippen LogP contribution in [-0.4, -0.2) is 32.9 Å². The lowest BCUT2D eigenvalue weighted by Crippen LogP contribution is -2.54. The van der Waals surface area contributed by atoms with E-state index in [0.29, 0.717) is 9.92 Å². The van der Waals surface area contributed by atoms with E-state index in [-0.39, 0.29) is 39.3 Å². The van der Waals surface area contributed by atoms with E-state index < -0.39 is 39.4 Å². The molecule has 0 aliphatic carbocycles. The highest BCUT2D eigenvalue weighted by Crippen LogP contribution is 2.39. The van der Waals surface area contributed by atoms with Crippen molar-refractivity contribution >= 4 is 62.9 Å². The summed E-state index contributed by atoms with van der Waals surface area (Å²) in [7, 11) is -4.33. The Bertz CT molecular complexity index is 1570. The summed E-state index contributed by atoms with van der Waals surface area (Å²) in [5, 5.41) is 2.18. The summed E-state index contributed by atoms with van der Waals surface area (Å²) in [5.74, 6) is -2.92. The Balaban J connectivity index is 1.72. The van der Waals surface area contributed by atoms with Gasteiger partial charge in [0.15, 0.2) is 5.75 Å². The number of hydrogen-bond acceptors (Lipinski definition) is 7. The molecule has 4 rings (SSSR count). The molecule has 1 aliphatic rings. The third-order valence-corrected chi connectivity index (χ3v) is 6.89. The molecule has 1 aliphatic heterocycles. The van der Waals surface area contributed by atoms with E-state index in [4.69, 9.17) is 32.1 Å². The smallest absolute Gasteiger partial charge is 0.339 e. The minimum atomic E-state index is -4.33. The van der Waals surface area contributed by atoms with E-state index in [2.05, 4.69) is 0 Å². The monoisotopic (exact) mass is 578 g/mol. The lowest BCUT2D eigenvalue weighted by atomic mass is 10.1. The largest absolute Gasteiger partial charge is 0.490 e. The summed E-state index contributed by atoms with van der Waals surface area (Å²) in [6.07, 6.45) is 1.15. The number of barbiturate groups is 1. The van der Waals surface area contributed by atoms with Crippen LogP contribution in [0.1, 0.15) is 12.5 Å². The number of carbonyl (C=O) groups excluding carboxylic acids is 3. The van der Waals surface area contributed by atoms with Gasteiger partial charge in [0.1, 0.15) is 16.3 Å². The molecule has 0 saturated carbocycles. The molecule has 0 spiro atoms. The van der Waals surface area contributed by atoms with Crippen LogP contribution < -0.4 is 19.1 Å². The molecule has 38 heavy (non-hydrogen) atoms. The summed E-state index contributed by atoms with van der Waals surface area (Å²) in [6.45, 7) is 1.74. The number of benzene rings is 3. The van der Waals surface area contributed by atoms with Gasteiger partial charge in [-0.3, -0.25) is 14.9 Å². The molecule has 1 heterocycles. The standard InChI is InChI=1S/C25H17Cl2FN2O7S/c1-2-36-21-13-14(12-20(27)22(21)37-38(34,35)18-9-3-15(26)4-10-18)11-19-23(31)29-25(33)30(24(19)32)17-7-5-16(28)6-8-17/h3-13H,2H2,1H3,(H,29,31,33)/b19-11+. The SMILES string of the molecule is CCOc1cc(/C=C2\C(=O)NC(=O)N(c3ccc(F)cc3)C2=O)cc(Cl)c1OS(=O)(=O)c1ccc(Cl)cc1. The molecular formula is C25H17Cl2FN2O7S. The summed E-state index contributed by atoms with van der Waals surface area (Å²) >= 11 is 12.2. The number of nitrogens with one attached hydrogen (secondary N) is 1. The van der Waals surface area contributed by atoms with E-state index in [1.54, 1.807) is 6.92 Å². The van der Waals surface area contributed by atoms with Crippen molar-refractivity contribution < 1.29 is 36.1 Å². The third kappa shape index (κ3) is 5.64. The Labute approximate surface area is 226 Å². The van der Waals surface area contributed by atoms with Gasteiger partial charge in [-0.25, -0.2) is 14.1 Å². The number of urea groups is 1. The fourth-order valence-electron chi connectivity index (χ4n) is 3.42. The maximum Gasteiger partial charge on any atom is 0.339 e. The van der Waals surface area contributed by atoms with Crippen molar-refractivity contribution in [3.63, 3.8) is 0 Å². The van der Waals surface area contributed by atoms with E-state index in [9.17, 15) is 27.2 Å². The highest BCUT2D eigenvalue weighted by molar-refractivity contribution is 7.87. The van der Waals surface area contributed by atoms with E-state index in [1.165, 1.54) is 48.5 Å². The van der Waals surface area contributed by atoms with Crippen LogP contribution in [0.5, 0.6) is 11.5 Å². The molecule has 0 bridgehead atoms. The lowest BCUT2D eigenvalue weighted by molar-refractivity contribution is -0.122. The van der Waals surface area contributed by atoms with Gasteiger partial charge >= 0.3 is 16.1 Å². The van der Waals surface area contributed by atoms with Gasteiger partial charge < -0.3 is 8.92 Å². The van der Waals surface area contributed by atoms with Crippen LogP contribution in [0.3, 0.4) is 0 Å². The molecule has 1 saturated heterocycles. The van der Waals surface area contributed by atoms with E-state index in [0.717, 1.165) is 18.2 Å². The average Bonchev–Trinajstić information content (AvgIpc) is 2.85. The Morgan fingerprint density at radius 2 is 1.66 bits per heavy atom. The minimum absolute atomic E-state index is 0.0384. The Kier molecular flexibility index (Phi) is 7.72. The number of amides is 4. The molecule has 0 aromatic heterocycles. The minimum Gasteiger partial charge on any atom is -0.490 e. The zero-order valence-electron chi connectivity index (χ0n) is 19.4. The number of carbonyl (C=O) groups is 3. The molecule has 13 heteroatoms. The zero-order chi connectivity index (χ0) is 27.6. The molecule has 0 unspecified atom stereocenters. The number of halogens is 3. The van der Waals surface area contributed by atoms with Crippen LogP contribution in [0.25, 0.3) is 6.08 Å². The zero-order valence-corrected chi connectivity index (χ0v) is 21.7. The molecule has 3 aromatic carbocycles. The highest BCUT2D eigenvalue weighted by atomic mass is 35.5. The van der Waals surface area contributed by atoms with Crippen molar-refractivity contribution in [3.8, 4) is 11.5 Å². The summed E-state index contributed by atoms with van der Waals surface area (Å²) in [5.41, 5.74) is -0.229. The number of imide groups is 2. The normalized spacial score (nSPS) is 15.0. The fourth-order valence-corrected chi connectivity index (χ4v) is 4.81.